The Bertz CT molecular complexity index is 423. The van der Waals surface area contributed by atoms with Crippen LogP contribution in [0, 0.1) is 5.92 Å². The molecule has 1 atom stereocenters. The van der Waals surface area contributed by atoms with Gasteiger partial charge in [0.05, 0.1) is 6.61 Å². The predicted molar refractivity (Wildman–Crippen MR) is 78.6 cm³/mol. The van der Waals surface area contributed by atoms with E-state index in [1.807, 2.05) is 0 Å². The lowest BCUT2D eigenvalue weighted by atomic mass is 9.89. The van der Waals surface area contributed by atoms with Crippen LogP contribution >= 0.6 is 0 Å². The van der Waals surface area contributed by atoms with Crippen molar-refractivity contribution in [3.8, 4) is 5.75 Å². The van der Waals surface area contributed by atoms with E-state index in [-0.39, 0.29) is 0 Å². The average molecular weight is 259 g/mol. The summed E-state index contributed by atoms with van der Waals surface area (Å²) < 4.78 is 5.72. The van der Waals surface area contributed by atoms with Crippen molar-refractivity contribution in [2.75, 3.05) is 13.2 Å². The van der Waals surface area contributed by atoms with Crippen LogP contribution < -0.4 is 10.1 Å². The molecule has 2 heteroatoms. The van der Waals surface area contributed by atoms with Gasteiger partial charge in [0.15, 0.2) is 0 Å². The van der Waals surface area contributed by atoms with Crippen LogP contribution in [0.5, 0.6) is 5.75 Å². The van der Waals surface area contributed by atoms with Crippen molar-refractivity contribution in [1.29, 1.82) is 0 Å². The highest BCUT2D eigenvalue weighted by Crippen LogP contribution is 2.37. The van der Waals surface area contributed by atoms with Gasteiger partial charge < -0.3 is 10.1 Å². The van der Waals surface area contributed by atoms with E-state index in [9.17, 15) is 0 Å². The molecule has 1 aromatic carbocycles. The molecule has 0 spiro atoms. The summed E-state index contributed by atoms with van der Waals surface area (Å²) in [6.45, 7) is 4.14. The number of rotatable bonds is 4. The summed E-state index contributed by atoms with van der Waals surface area (Å²) >= 11 is 0. The van der Waals surface area contributed by atoms with E-state index >= 15 is 0 Å². The number of nitrogens with one attached hydrogen (secondary N) is 1. The monoisotopic (exact) mass is 259 g/mol. The van der Waals surface area contributed by atoms with Crippen LogP contribution in [-0.2, 0) is 6.42 Å². The number of benzene rings is 1. The molecule has 2 nitrogen and oxygen atoms in total. The van der Waals surface area contributed by atoms with Gasteiger partial charge in [0.1, 0.15) is 5.75 Å². The quantitative estimate of drug-likeness (QED) is 0.886. The van der Waals surface area contributed by atoms with Gasteiger partial charge in [-0.1, -0.05) is 31.9 Å². The van der Waals surface area contributed by atoms with Crippen LogP contribution in [0.25, 0.3) is 0 Å². The molecule has 1 aliphatic carbocycles. The largest absolute Gasteiger partial charge is 0.493 e. The van der Waals surface area contributed by atoms with E-state index in [1.165, 1.54) is 43.2 Å². The molecule has 2 aliphatic rings. The first kappa shape index (κ1) is 13.0. The van der Waals surface area contributed by atoms with Gasteiger partial charge in [0, 0.05) is 6.04 Å². The number of hydrogen-bond acceptors (Lipinski definition) is 2. The molecule has 19 heavy (non-hydrogen) atoms. The summed E-state index contributed by atoms with van der Waals surface area (Å²) in [7, 11) is 0. The average Bonchev–Trinajstić information content (AvgIpc) is 2.98. The van der Waals surface area contributed by atoms with Crippen molar-refractivity contribution in [3.63, 3.8) is 0 Å². The first-order valence-electron chi connectivity index (χ1n) is 7.87. The fraction of sp³-hybridized carbons (Fsp3) is 0.647. The molecule has 1 aromatic rings. The highest BCUT2D eigenvalue weighted by molar-refractivity contribution is 5.39. The third kappa shape index (κ3) is 2.79. The first-order chi connectivity index (χ1) is 9.38. The summed E-state index contributed by atoms with van der Waals surface area (Å²) in [5.41, 5.74) is 2.88. The lowest BCUT2D eigenvalue weighted by molar-refractivity contribution is 0.287. The second kappa shape index (κ2) is 5.96. The van der Waals surface area contributed by atoms with Crippen molar-refractivity contribution in [2.45, 2.75) is 51.5 Å². The van der Waals surface area contributed by atoms with Gasteiger partial charge in [-0.3, -0.25) is 0 Å². The Kier molecular flexibility index (Phi) is 4.07. The highest BCUT2D eigenvalue weighted by Gasteiger charge is 2.26. The van der Waals surface area contributed by atoms with Crippen molar-refractivity contribution < 1.29 is 4.74 Å². The zero-order valence-electron chi connectivity index (χ0n) is 12.0. The molecule has 0 amide bonds. The zero-order valence-corrected chi connectivity index (χ0v) is 12.0. The number of ether oxygens (including phenoxy) is 1. The van der Waals surface area contributed by atoms with Crippen molar-refractivity contribution >= 4 is 0 Å². The minimum atomic E-state index is 0.541. The normalized spacial score (nSPS) is 20.9. The summed E-state index contributed by atoms with van der Waals surface area (Å²) in [5.74, 6) is 1.93. The van der Waals surface area contributed by atoms with Crippen LogP contribution in [0.1, 0.15) is 56.2 Å². The standard InChI is InChI=1S/C17H25NO/c1-2-18-17(13-6-3-4-7-13)15-9-10-16-14(12-15)8-5-11-19-16/h9-10,12-13,17-18H,2-8,11H2,1H3. The van der Waals surface area contributed by atoms with E-state index in [4.69, 9.17) is 4.74 Å². The Morgan fingerprint density at radius 1 is 1.26 bits per heavy atom. The van der Waals surface area contributed by atoms with E-state index in [1.54, 1.807) is 0 Å². The van der Waals surface area contributed by atoms with Gasteiger partial charge in [-0.25, -0.2) is 0 Å². The molecular weight excluding hydrogens is 234 g/mol. The Balaban J connectivity index is 1.84. The third-order valence-electron chi connectivity index (χ3n) is 4.59. The molecule has 1 fully saturated rings. The molecule has 0 radical (unpaired) electrons. The second-order valence-electron chi connectivity index (χ2n) is 5.90. The molecular formula is C17H25NO. The second-order valence-corrected chi connectivity index (χ2v) is 5.90. The van der Waals surface area contributed by atoms with Gasteiger partial charge in [-0.15, -0.1) is 0 Å². The van der Waals surface area contributed by atoms with Crippen molar-refractivity contribution in [3.05, 3.63) is 29.3 Å². The van der Waals surface area contributed by atoms with Crippen LogP contribution in [0.2, 0.25) is 0 Å². The number of fused-ring (bicyclic) bond motifs is 1. The van der Waals surface area contributed by atoms with Gasteiger partial charge in [0.25, 0.3) is 0 Å². The number of aryl methyl sites for hydroxylation is 1. The Labute approximate surface area is 116 Å². The smallest absolute Gasteiger partial charge is 0.122 e. The maximum atomic E-state index is 5.72. The molecule has 0 bridgehead atoms. The topological polar surface area (TPSA) is 21.3 Å². The van der Waals surface area contributed by atoms with Gasteiger partial charge in [0.2, 0.25) is 0 Å². The molecule has 1 saturated carbocycles. The SMILES string of the molecule is CCNC(c1ccc2c(c1)CCCO2)C1CCCC1. The fourth-order valence-electron chi connectivity index (χ4n) is 3.64. The molecule has 3 rings (SSSR count). The van der Waals surface area contributed by atoms with Crippen molar-refractivity contribution in [1.82, 2.24) is 5.32 Å². The third-order valence-corrected chi connectivity index (χ3v) is 4.59. The molecule has 1 aliphatic heterocycles. The van der Waals surface area contributed by atoms with Crippen molar-refractivity contribution in [2.24, 2.45) is 5.92 Å². The summed E-state index contributed by atoms with van der Waals surface area (Å²) in [6, 6.07) is 7.39. The van der Waals surface area contributed by atoms with E-state index in [0.29, 0.717) is 6.04 Å². The number of hydrogen-bond donors (Lipinski definition) is 1. The summed E-state index contributed by atoms with van der Waals surface area (Å²) in [4.78, 5) is 0. The molecule has 0 aromatic heterocycles. The van der Waals surface area contributed by atoms with Gasteiger partial charge in [-0.05, 0) is 55.3 Å². The maximum absolute atomic E-state index is 5.72. The molecule has 0 saturated heterocycles. The maximum Gasteiger partial charge on any atom is 0.122 e. The lowest BCUT2D eigenvalue weighted by Gasteiger charge is -2.26. The highest BCUT2D eigenvalue weighted by atomic mass is 16.5. The summed E-state index contributed by atoms with van der Waals surface area (Å²) in [6.07, 6.45) is 7.90. The molecule has 1 N–H and O–H groups in total. The van der Waals surface area contributed by atoms with Crippen LogP contribution in [0.4, 0.5) is 0 Å². The minimum absolute atomic E-state index is 0.541. The van der Waals surface area contributed by atoms with E-state index < -0.39 is 0 Å². The Morgan fingerprint density at radius 2 is 2.11 bits per heavy atom. The molecule has 1 unspecified atom stereocenters. The van der Waals surface area contributed by atoms with Crippen LogP contribution in [0.15, 0.2) is 18.2 Å². The van der Waals surface area contributed by atoms with Crippen LogP contribution in [0.3, 0.4) is 0 Å². The van der Waals surface area contributed by atoms with Crippen LogP contribution in [-0.4, -0.2) is 13.2 Å². The van der Waals surface area contributed by atoms with E-state index in [2.05, 4.69) is 30.4 Å². The fourth-order valence-corrected chi connectivity index (χ4v) is 3.64. The van der Waals surface area contributed by atoms with Gasteiger partial charge in [-0.2, -0.15) is 0 Å². The molecule has 104 valence electrons. The predicted octanol–water partition coefficient (Wildman–Crippen LogP) is 3.85. The van der Waals surface area contributed by atoms with Gasteiger partial charge >= 0.3 is 0 Å². The minimum Gasteiger partial charge on any atom is -0.493 e. The Hall–Kier alpha value is -1.02. The van der Waals surface area contributed by atoms with E-state index in [0.717, 1.165) is 31.2 Å². The summed E-state index contributed by atoms with van der Waals surface area (Å²) in [5, 5.41) is 3.71. The first-order valence-corrected chi connectivity index (χ1v) is 7.87. The Morgan fingerprint density at radius 3 is 2.89 bits per heavy atom. The lowest BCUT2D eigenvalue weighted by Crippen LogP contribution is -2.27. The molecule has 1 heterocycles. The zero-order chi connectivity index (χ0) is 13.1.